The smallest absolute Gasteiger partial charge is 0.126 e. The molecule has 3 aromatic carbocycles. The van der Waals surface area contributed by atoms with Crippen LogP contribution in [0.5, 0.6) is 17.2 Å². The molecule has 10 nitrogen and oxygen atoms in total. The lowest BCUT2D eigenvalue weighted by atomic mass is 9.74. The van der Waals surface area contributed by atoms with Gasteiger partial charge in [0.2, 0.25) is 0 Å². The Hall–Kier alpha value is -3.22. The molecule has 0 aliphatic carbocycles. The Labute approximate surface area is 215 Å². The van der Waals surface area contributed by atoms with E-state index in [9.17, 15) is 46.0 Å². The summed E-state index contributed by atoms with van der Waals surface area (Å²) in [7, 11) is 1.60. The number of phenols is 3. The summed E-state index contributed by atoms with van der Waals surface area (Å²) >= 11 is 0. The van der Waals surface area contributed by atoms with Gasteiger partial charge in [-0.15, -0.1) is 0 Å². The summed E-state index contributed by atoms with van der Waals surface area (Å²) in [5.41, 5.74) is 0.461. The second kappa shape index (κ2) is 12.3. The number of hydrogen-bond acceptors (Lipinski definition) is 10. The third-order valence-corrected chi connectivity index (χ3v) is 6.50. The van der Waals surface area contributed by atoms with Crippen LogP contribution in [0.3, 0.4) is 0 Å². The van der Waals surface area contributed by atoms with Crippen molar-refractivity contribution in [1.29, 1.82) is 0 Å². The number of aliphatic hydroxyl groups is 6. The number of aliphatic hydroxyl groups excluding tert-OH is 6. The molecule has 0 aliphatic heterocycles. The zero-order chi connectivity index (χ0) is 26.6. The molecule has 0 aliphatic rings. The fraction of sp³-hybridized carbons (Fsp3) is 0.333. The lowest BCUT2D eigenvalue weighted by molar-refractivity contribution is 0.262. The van der Waals surface area contributed by atoms with Gasteiger partial charge in [0, 0.05) is 33.4 Å². The van der Waals surface area contributed by atoms with Gasteiger partial charge in [0.1, 0.15) is 17.2 Å². The SMILES string of the molecule is C.CNC(c1cc(CO)c(O)c(CO)c1)(c1cc(CO)c(O)c(CO)c1)c1cc(CO)c(O)c(CO)c1. The van der Waals surface area contributed by atoms with E-state index < -0.39 is 45.2 Å². The second-order valence-electron chi connectivity index (χ2n) is 8.38. The third-order valence-electron chi connectivity index (χ3n) is 6.50. The van der Waals surface area contributed by atoms with E-state index >= 15 is 0 Å². The molecule has 3 aromatic rings. The summed E-state index contributed by atoms with van der Waals surface area (Å²) in [6.07, 6.45) is 0. The van der Waals surface area contributed by atoms with Crippen molar-refractivity contribution in [3.63, 3.8) is 0 Å². The summed E-state index contributed by atoms with van der Waals surface area (Å²) in [5.74, 6) is -0.863. The first kappa shape index (κ1) is 30.0. The third kappa shape index (κ3) is 5.13. The van der Waals surface area contributed by atoms with Gasteiger partial charge in [-0.2, -0.15) is 0 Å². The van der Waals surface area contributed by atoms with Crippen molar-refractivity contribution >= 4 is 0 Å². The lowest BCUT2D eigenvalue weighted by Gasteiger charge is -2.38. The van der Waals surface area contributed by atoms with E-state index in [4.69, 9.17) is 0 Å². The number of rotatable bonds is 10. The van der Waals surface area contributed by atoms with E-state index in [1.165, 1.54) is 36.4 Å². The highest BCUT2D eigenvalue weighted by molar-refractivity contribution is 5.59. The number of aromatic hydroxyl groups is 3. The van der Waals surface area contributed by atoms with Gasteiger partial charge < -0.3 is 51.3 Å². The molecule has 0 amide bonds. The molecule has 0 fully saturated rings. The van der Waals surface area contributed by atoms with E-state index in [0.29, 0.717) is 16.7 Å². The largest absolute Gasteiger partial charge is 0.507 e. The quantitative estimate of drug-likeness (QED) is 0.173. The molecule has 0 saturated carbocycles. The van der Waals surface area contributed by atoms with Gasteiger partial charge in [0.15, 0.2) is 0 Å². The van der Waals surface area contributed by atoms with Gasteiger partial charge in [-0.3, -0.25) is 0 Å². The Bertz CT molecular complexity index is 1020. The molecule has 0 spiro atoms. The summed E-state index contributed by atoms with van der Waals surface area (Å²) in [5, 5.41) is 93.9. The molecule has 0 aromatic heterocycles. The predicted molar refractivity (Wildman–Crippen MR) is 136 cm³/mol. The Balaban J connectivity index is 0.00000481. The van der Waals surface area contributed by atoms with Gasteiger partial charge in [0.25, 0.3) is 0 Å². The predicted octanol–water partition coefficient (Wildman–Crippen LogP) is 0.905. The molecular formula is C27H35NO9. The van der Waals surface area contributed by atoms with Gasteiger partial charge in [-0.05, 0) is 60.1 Å². The summed E-state index contributed by atoms with van der Waals surface area (Å²) in [6, 6.07) is 9.00. The van der Waals surface area contributed by atoms with Gasteiger partial charge >= 0.3 is 0 Å². The molecule has 3 rings (SSSR count). The van der Waals surface area contributed by atoms with E-state index in [1.54, 1.807) is 7.05 Å². The normalized spacial score (nSPS) is 11.4. The summed E-state index contributed by atoms with van der Waals surface area (Å²) in [6.45, 7) is -3.30. The molecule has 10 N–H and O–H groups in total. The van der Waals surface area contributed by atoms with Crippen LogP contribution >= 0.6 is 0 Å². The monoisotopic (exact) mass is 517 g/mol. The van der Waals surface area contributed by atoms with Crippen molar-refractivity contribution in [2.24, 2.45) is 0 Å². The molecule has 10 heteroatoms. The topological polar surface area (TPSA) is 194 Å². The first-order valence-electron chi connectivity index (χ1n) is 11.2. The highest BCUT2D eigenvalue weighted by Gasteiger charge is 2.38. The van der Waals surface area contributed by atoms with Crippen LogP contribution < -0.4 is 5.32 Å². The number of benzene rings is 3. The van der Waals surface area contributed by atoms with Crippen molar-refractivity contribution in [2.45, 2.75) is 52.6 Å². The van der Waals surface area contributed by atoms with Gasteiger partial charge in [0.05, 0.1) is 45.2 Å². The molecule has 0 unspecified atom stereocenters. The van der Waals surface area contributed by atoms with Crippen LogP contribution in [0.15, 0.2) is 36.4 Å². The van der Waals surface area contributed by atoms with Gasteiger partial charge in [-0.25, -0.2) is 0 Å². The minimum absolute atomic E-state index is 0. The zero-order valence-electron chi connectivity index (χ0n) is 19.7. The molecular weight excluding hydrogens is 482 g/mol. The maximum Gasteiger partial charge on any atom is 0.126 e. The summed E-state index contributed by atoms with van der Waals surface area (Å²) in [4.78, 5) is 0. The highest BCUT2D eigenvalue weighted by atomic mass is 16.3. The van der Waals surface area contributed by atoms with Crippen LogP contribution in [0.1, 0.15) is 57.5 Å². The van der Waals surface area contributed by atoms with Crippen LogP contribution in [0.4, 0.5) is 0 Å². The zero-order valence-corrected chi connectivity index (χ0v) is 19.7. The molecule has 0 atom stereocenters. The lowest BCUT2D eigenvalue weighted by Crippen LogP contribution is -2.43. The van der Waals surface area contributed by atoms with Crippen LogP contribution in [-0.4, -0.2) is 53.0 Å². The Morgan fingerprint density at radius 3 is 0.811 bits per heavy atom. The van der Waals surface area contributed by atoms with Crippen LogP contribution in [-0.2, 0) is 45.2 Å². The number of nitrogens with one attached hydrogen (secondary N) is 1. The average Bonchev–Trinajstić information content (AvgIpc) is 2.90. The van der Waals surface area contributed by atoms with Crippen molar-refractivity contribution in [2.75, 3.05) is 7.05 Å². The first-order chi connectivity index (χ1) is 17.2. The maximum atomic E-state index is 10.5. The van der Waals surface area contributed by atoms with Crippen LogP contribution in [0, 0.1) is 0 Å². The summed E-state index contributed by atoms with van der Waals surface area (Å²) < 4.78 is 0. The minimum atomic E-state index is -1.41. The fourth-order valence-corrected chi connectivity index (χ4v) is 4.59. The van der Waals surface area contributed by atoms with E-state index in [0.717, 1.165) is 0 Å². The second-order valence-corrected chi connectivity index (χ2v) is 8.38. The molecule has 0 saturated heterocycles. The van der Waals surface area contributed by atoms with E-state index in [-0.39, 0.29) is 58.1 Å². The maximum absolute atomic E-state index is 10.5. The highest BCUT2D eigenvalue weighted by Crippen LogP contribution is 2.43. The standard InChI is InChI=1S/C26H31NO9.CH4/c1-27-26(20-2-14(8-28)23(34)15(3-20)9-29,21-4-16(10-30)24(35)17(5-21)11-31)22-6-18(12-32)25(36)19(7-22)13-33;/h2-7,27-36H,8-13H2,1H3;1H4. The number of hydrogen-bond donors (Lipinski definition) is 10. The molecule has 0 radical (unpaired) electrons. The Morgan fingerprint density at radius 2 is 0.676 bits per heavy atom. The first-order valence-corrected chi connectivity index (χ1v) is 11.2. The minimum Gasteiger partial charge on any atom is -0.507 e. The van der Waals surface area contributed by atoms with Crippen molar-refractivity contribution in [3.8, 4) is 17.2 Å². The fourth-order valence-electron chi connectivity index (χ4n) is 4.59. The molecule has 202 valence electrons. The van der Waals surface area contributed by atoms with Crippen LogP contribution in [0.2, 0.25) is 0 Å². The van der Waals surface area contributed by atoms with Crippen LogP contribution in [0.25, 0.3) is 0 Å². The van der Waals surface area contributed by atoms with Gasteiger partial charge in [-0.1, -0.05) is 7.43 Å². The van der Waals surface area contributed by atoms with Crippen molar-refractivity contribution in [3.05, 3.63) is 86.5 Å². The van der Waals surface area contributed by atoms with Crippen molar-refractivity contribution < 1.29 is 46.0 Å². The van der Waals surface area contributed by atoms with E-state index in [1.807, 2.05) is 0 Å². The van der Waals surface area contributed by atoms with Crippen molar-refractivity contribution in [1.82, 2.24) is 5.32 Å². The molecule has 37 heavy (non-hydrogen) atoms. The average molecular weight is 518 g/mol. The molecule has 0 bridgehead atoms. The molecule has 0 heterocycles. The Kier molecular flexibility index (Phi) is 10.0. The van der Waals surface area contributed by atoms with E-state index in [2.05, 4.69) is 5.32 Å². The Morgan fingerprint density at radius 1 is 0.486 bits per heavy atom.